The highest BCUT2D eigenvalue weighted by atomic mass is 35.5. The topological polar surface area (TPSA) is 43.3 Å². The fourth-order valence-corrected chi connectivity index (χ4v) is 2.55. The van der Waals surface area contributed by atoms with E-state index in [9.17, 15) is 0 Å². The number of halogens is 1. The van der Waals surface area contributed by atoms with Crippen molar-refractivity contribution in [3.63, 3.8) is 0 Å². The Kier molecular flexibility index (Phi) is 3.47. The van der Waals surface area contributed by atoms with Crippen molar-refractivity contribution in [3.8, 4) is 11.3 Å². The lowest BCUT2D eigenvalue weighted by Crippen LogP contribution is -2.06. The van der Waals surface area contributed by atoms with Crippen LogP contribution < -0.4 is 5.73 Å². The third-order valence-electron chi connectivity index (χ3n) is 3.39. The van der Waals surface area contributed by atoms with Gasteiger partial charge in [0, 0.05) is 18.2 Å². The summed E-state index contributed by atoms with van der Waals surface area (Å²) in [6.45, 7) is 2.66. The number of fused-ring (bicyclic) bond motifs is 1. The fraction of sp³-hybridized carbons (Fsp3) is 0.188. The van der Waals surface area contributed by atoms with E-state index in [4.69, 9.17) is 22.3 Å². The summed E-state index contributed by atoms with van der Waals surface area (Å²) < 4.78 is 2.03. The van der Waals surface area contributed by atoms with Crippen molar-refractivity contribution in [2.45, 2.75) is 13.3 Å². The minimum atomic E-state index is 0.583. The van der Waals surface area contributed by atoms with Crippen LogP contribution in [0.2, 0.25) is 5.02 Å². The minimum absolute atomic E-state index is 0.583. The van der Waals surface area contributed by atoms with Crippen molar-refractivity contribution in [1.82, 2.24) is 9.38 Å². The van der Waals surface area contributed by atoms with Gasteiger partial charge in [-0.1, -0.05) is 41.4 Å². The molecule has 0 amide bonds. The van der Waals surface area contributed by atoms with Gasteiger partial charge in [0.2, 0.25) is 0 Å². The van der Waals surface area contributed by atoms with E-state index < -0.39 is 0 Å². The van der Waals surface area contributed by atoms with Crippen LogP contribution in [0.15, 0.2) is 42.6 Å². The zero-order chi connectivity index (χ0) is 14.1. The molecule has 0 aliphatic rings. The Bertz CT molecular complexity index is 744. The van der Waals surface area contributed by atoms with Gasteiger partial charge in [-0.05, 0) is 25.6 Å². The van der Waals surface area contributed by atoms with Crippen LogP contribution in [0, 0.1) is 6.92 Å². The van der Waals surface area contributed by atoms with E-state index in [0.29, 0.717) is 11.6 Å². The number of aryl methyl sites for hydroxylation is 1. The summed E-state index contributed by atoms with van der Waals surface area (Å²) in [4.78, 5) is 4.72. The smallest absolute Gasteiger partial charge is 0.137 e. The highest BCUT2D eigenvalue weighted by Gasteiger charge is 2.13. The van der Waals surface area contributed by atoms with Gasteiger partial charge in [-0.3, -0.25) is 0 Å². The Morgan fingerprint density at radius 3 is 2.60 bits per heavy atom. The van der Waals surface area contributed by atoms with Crippen molar-refractivity contribution in [1.29, 1.82) is 0 Å². The zero-order valence-corrected chi connectivity index (χ0v) is 12.1. The van der Waals surface area contributed by atoms with Gasteiger partial charge in [0.25, 0.3) is 0 Å². The fourth-order valence-electron chi connectivity index (χ4n) is 2.39. The number of pyridine rings is 1. The number of hydrogen-bond donors (Lipinski definition) is 1. The van der Waals surface area contributed by atoms with Crippen LogP contribution in [0.25, 0.3) is 16.9 Å². The quantitative estimate of drug-likeness (QED) is 0.801. The van der Waals surface area contributed by atoms with Gasteiger partial charge in [0.1, 0.15) is 5.65 Å². The lowest BCUT2D eigenvalue weighted by Gasteiger charge is -2.04. The molecule has 0 saturated heterocycles. The van der Waals surface area contributed by atoms with Gasteiger partial charge < -0.3 is 10.1 Å². The summed E-state index contributed by atoms with van der Waals surface area (Å²) in [5.74, 6) is 0. The van der Waals surface area contributed by atoms with Crippen LogP contribution in [-0.2, 0) is 6.42 Å². The monoisotopic (exact) mass is 285 g/mol. The molecule has 4 heteroatoms. The predicted octanol–water partition coefficient (Wildman–Crippen LogP) is 3.46. The zero-order valence-electron chi connectivity index (χ0n) is 11.3. The molecule has 2 N–H and O–H groups in total. The van der Waals surface area contributed by atoms with Crippen LogP contribution in [0.4, 0.5) is 0 Å². The number of hydrogen-bond acceptors (Lipinski definition) is 2. The van der Waals surface area contributed by atoms with Gasteiger partial charge in [0.05, 0.1) is 16.4 Å². The normalized spacial score (nSPS) is 11.2. The minimum Gasteiger partial charge on any atom is -0.330 e. The van der Waals surface area contributed by atoms with Gasteiger partial charge in [-0.25, -0.2) is 4.98 Å². The molecule has 0 bridgehead atoms. The van der Waals surface area contributed by atoms with Gasteiger partial charge in [-0.2, -0.15) is 0 Å². The van der Waals surface area contributed by atoms with Crippen molar-refractivity contribution >= 4 is 17.2 Å². The average molecular weight is 286 g/mol. The van der Waals surface area contributed by atoms with Gasteiger partial charge in [-0.15, -0.1) is 0 Å². The van der Waals surface area contributed by atoms with Crippen LogP contribution >= 0.6 is 11.6 Å². The standard InChI is InChI=1S/C16H16ClN3/c1-11-2-4-12(5-3-11)16-14(8-9-18)20-10-13(17)6-7-15(20)19-16/h2-7,10H,8-9,18H2,1H3. The molecular weight excluding hydrogens is 270 g/mol. The highest BCUT2D eigenvalue weighted by molar-refractivity contribution is 6.30. The predicted molar refractivity (Wildman–Crippen MR) is 83.1 cm³/mol. The maximum Gasteiger partial charge on any atom is 0.137 e. The summed E-state index contributed by atoms with van der Waals surface area (Å²) in [6.07, 6.45) is 2.66. The molecule has 0 atom stereocenters. The molecule has 2 heterocycles. The first-order valence-corrected chi connectivity index (χ1v) is 7.00. The molecule has 1 aromatic carbocycles. The van der Waals surface area contributed by atoms with E-state index in [2.05, 4.69) is 31.2 Å². The molecule has 0 unspecified atom stereocenters. The summed E-state index contributed by atoms with van der Waals surface area (Å²) >= 11 is 6.09. The maximum atomic E-state index is 6.09. The first-order valence-electron chi connectivity index (χ1n) is 6.62. The lowest BCUT2D eigenvalue weighted by molar-refractivity contribution is 0.907. The summed E-state index contributed by atoms with van der Waals surface area (Å²) in [5.41, 5.74) is 11.1. The van der Waals surface area contributed by atoms with Crippen molar-refractivity contribution in [3.05, 3.63) is 58.9 Å². The van der Waals surface area contributed by atoms with E-state index >= 15 is 0 Å². The molecule has 0 spiro atoms. The molecule has 0 radical (unpaired) electrons. The third kappa shape index (κ3) is 2.30. The molecule has 3 nitrogen and oxygen atoms in total. The number of benzene rings is 1. The second kappa shape index (κ2) is 5.27. The van der Waals surface area contributed by atoms with Crippen molar-refractivity contribution in [2.75, 3.05) is 6.54 Å². The Morgan fingerprint density at radius 2 is 1.90 bits per heavy atom. The second-order valence-corrected chi connectivity index (χ2v) is 5.32. The largest absolute Gasteiger partial charge is 0.330 e. The maximum absolute atomic E-state index is 6.09. The van der Waals surface area contributed by atoms with Crippen molar-refractivity contribution in [2.24, 2.45) is 5.73 Å². The first-order chi connectivity index (χ1) is 9.69. The molecule has 0 saturated carbocycles. The molecule has 20 heavy (non-hydrogen) atoms. The van der Waals surface area contributed by atoms with Crippen LogP contribution in [0.1, 0.15) is 11.3 Å². The summed E-state index contributed by atoms with van der Waals surface area (Å²) in [6, 6.07) is 12.2. The number of aromatic nitrogens is 2. The molecule has 0 aliphatic carbocycles. The number of nitrogens with two attached hydrogens (primary N) is 1. The Balaban J connectivity index is 2.23. The molecule has 0 aliphatic heterocycles. The van der Waals surface area contributed by atoms with Crippen molar-refractivity contribution < 1.29 is 0 Å². The molecule has 3 rings (SSSR count). The van der Waals surface area contributed by atoms with E-state index in [1.54, 1.807) is 0 Å². The van der Waals surface area contributed by atoms with Crippen LogP contribution in [0.5, 0.6) is 0 Å². The van der Waals surface area contributed by atoms with E-state index in [-0.39, 0.29) is 0 Å². The second-order valence-electron chi connectivity index (χ2n) is 4.89. The molecular formula is C16H16ClN3. The molecule has 102 valence electrons. The van der Waals surface area contributed by atoms with E-state index in [1.807, 2.05) is 22.7 Å². The van der Waals surface area contributed by atoms with E-state index in [1.165, 1.54) is 5.56 Å². The summed E-state index contributed by atoms with van der Waals surface area (Å²) in [5, 5.41) is 0.698. The Hall–Kier alpha value is -1.84. The van der Waals surface area contributed by atoms with Gasteiger partial charge >= 0.3 is 0 Å². The lowest BCUT2D eigenvalue weighted by atomic mass is 10.1. The van der Waals surface area contributed by atoms with E-state index in [0.717, 1.165) is 29.0 Å². The molecule has 3 aromatic rings. The average Bonchev–Trinajstić information content (AvgIpc) is 2.79. The molecule has 0 fully saturated rings. The third-order valence-corrected chi connectivity index (χ3v) is 3.61. The van der Waals surface area contributed by atoms with Crippen LogP contribution in [0.3, 0.4) is 0 Å². The van der Waals surface area contributed by atoms with Crippen LogP contribution in [-0.4, -0.2) is 15.9 Å². The SMILES string of the molecule is Cc1ccc(-c2nc3ccc(Cl)cn3c2CCN)cc1. The number of imidazole rings is 1. The molecule has 2 aromatic heterocycles. The number of rotatable bonds is 3. The number of nitrogens with zero attached hydrogens (tertiary/aromatic N) is 2. The highest BCUT2D eigenvalue weighted by Crippen LogP contribution is 2.26. The summed E-state index contributed by atoms with van der Waals surface area (Å²) in [7, 11) is 0. The van der Waals surface area contributed by atoms with Gasteiger partial charge in [0.15, 0.2) is 0 Å². The Labute approximate surface area is 123 Å². The Morgan fingerprint density at radius 1 is 1.15 bits per heavy atom. The first kappa shape index (κ1) is 13.2.